The minimum absolute atomic E-state index is 0.0293. The van der Waals surface area contributed by atoms with Gasteiger partial charge in [-0.1, -0.05) is 29.8 Å². The second-order valence-corrected chi connectivity index (χ2v) is 10.2. The van der Waals surface area contributed by atoms with E-state index in [-0.39, 0.29) is 22.7 Å². The number of nitrogens with zero attached hydrogens (tertiary/aromatic N) is 4. The maximum Gasteiger partial charge on any atom is 0.254 e. The van der Waals surface area contributed by atoms with Crippen LogP contribution in [0, 0.1) is 11.6 Å². The number of rotatable bonds is 8. The lowest BCUT2D eigenvalue weighted by atomic mass is 10.1. The van der Waals surface area contributed by atoms with Crippen molar-refractivity contribution < 1.29 is 23.0 Å². The van der Waals surface area contributed by atoms with Gasteiger partial charge in [0.1, 0.15) is 5.75 Å². The van der Waals surface area contributed by atoms with Gasteiger partial charge in [-0.2, -0.15) is 0 Å². The van der Waals surface area contributed by atoms with Gasteiger partial charge >= 0.3 is 0 Å². The zero-order valence-electron chi connectivity index (χ0n) is 21.8. The molecule has 4 aromatic rings. The van der Waals surface area contributed by atoms with Crippen LogP contribution in [0.5, 0.6) is 11.5 Å². The van der Waals surface area contributed by atoms with Crippen LogP contribution in [0.25, 0.3) is 17.1 Å². The molecule has 2 heterocycles. The van der Waals surface area contributed by atoms with E-state index in [0.717, 1.165) is 47.4 Å². The van der Waals surface area contributed by atoms with Gasteiger partial charge in [0.05, 0.1) is 7.11 Å². The Morgan fingerprint density at radius 3 is 2.45 bits per heavy atom. The van der Waals surface area contributed by atoms with Crippen molar-refractivity contribution in [3.63, 3.8) is 0 Å². The number of hydrogen-bond donors (Lipinski definition) is 0. The summed E-state index contributed by atoms with van der Waals surface area (Å²) in [5.41, 5.74) is 3.35. The highest BCUT2D eigenvalue weighted by atomic mass is 35.5. The highest BCUT2D eigenvalue weighted by molar-refractivity contribution is 6.30. The minimum Gasteiger partial charge on any atom is -0.497 e. The summed E-state index contributed by atoms with van der Waals surface area (Å²) in [6.07, 6.45) is 3.42. The fourth-order valence-electron chi connectivity index (χ4n) is 4.90. The lowest BCUT2D eigenvalue weighted by Gasteiger charge is -2.15. The standard InChI is InChI=1S/C30H25ClF2N4O3/c1-3-26(40-27-24(32)13-20(31)14-25(27)33)29-35-34-28(37(29)21-7-8-21)18-6-11-23-19(12-18)16-36(30(23)38)15-17-4-9-22(39-2)10-5-17/h3-6,9-14,21H,7-8,15-16H2,1-2H3/b26-3+. The Kier molecular flexibility index (Phi) is 6.75. The Hall–Kier alpha value is -4.24. The number of aromatic nitrogens is 3. The van der Waals surface area contributed by atoms with Gasteiger partial charge in [0.2, 0.25) is 0 Å². The number of carbonyl (C=O) groups excluding carboxylic acids is 1. The Morgan fingerprint density at radius 2 is 1.80 bits per heavy atom. The van der Waals surface area contributed by atoms with E-state index in [2.05, 4.69) is 10.2 Å². The molecule has 1 aliphatic carbocycles. The summed E-state index contributed by atoms with van der Waals surface area (Å²) in [6.45, 7) is 2.65. The molecule has 204 valence electrons. The van der Waals surface area contributed by atoms with E-state index in [0.29, 0.717) is 30.3 Å². The number of hydrogen-bond acceptors (Lipinski definition) is 5. The van der Waals surface area contributed by atoms with Gasteiger partial charge in [-0.05, 0) is 73.4 Å². The van der Waals surface area contributed by atoms with E-state index in [4.69, 9.17) is 21.1 Å². The first-order valence-corrected chi connectivity index (χ1v) is 13.2. The Bertz CT molecular complexity index is 1620. The summed E-state index contributed by atoms with van der Waals surface area (Å²) in [5, 5.41) is 8.73. The molecule has 10 heteroatoms. The lowest BCUT2D eigenvalue weighted by Crippen LogP contribution is -2.23. The molecule has 0 atom stereocenters. The van der Waals surface area contributed by atoms with Gasteiger partial charge in [0.15, 0.2) is 34.8 Å². The third-order valence-electron chi connectivity index (χ3n) is 7.04. The molecule has 1 aliphatic heterocycles. The van der Waals surface area contributed by atoms with Gasteiger partial charge < -0.3 is 18.9 Å². The van der Waals surface area contributed by atoms with Crippen LogP contribution in [0.4, 0.5) is 8.78 Å². The molecule has 1 fully saturated rings. The number of methoxy groups -OCH3 is 1. The van der Waals surface area contributed by atoms with Crippen molar-refractivity contribution in [2.75, 3.05) is 7.11 Å². The quantitative estimate of drug-likeness (QED) is 0.221. The Balaban J connectivity index is 1.29. The molecule has 6 rings (SSSR count). The lowest BCUT2D eigenvalue weighted by molar-refractivity contribution is 0.0766. The highest BCUT2D eigenvalue weighted by Gasteiger charge is 2.33. The summed E-state index contributed by atoms with van der Waals surface area (Å²) in [7, 11) is 1.62. The third kappa shape index (κ3) is 4.81. The van der Waals surface area contributed by atoms with Crippen LogP contribution in [0.15, 0.2) is 60.7 Å². The van der Waals surface area contributed by atoms with Crippen molar-refractivity contribution in [2.45, 2.75) is 38.9 Å². The van der Waals surface area contributed by atoms with Crippen LogP contribution in [-0.2, 0) is 13.1 Å². The van der Waals surface area contributed by atoms with Gasteiger partial charge in [-0.25, -0.2) is 8.78 Å². The van der Waals surface area contributed by atoms with Crippen LogP contribution < -0.4 is 9.47 Å². The average molecular weight is 563 g/mol. The smallest absolute Gasteiger partial charge is 0.254 e. The van der Waals surface area contributed by atoms with Crippen molar-refractivity contribution in [1.82, 2.24) is 19.7 Å². The van der Waals surface area contributed by atoms with Crippen molar-refractivity contribution in [3.05, 3.63) is 99.8 Å². The van der Waals surface area contributed by atoms with E-state index in [1.807, 2.05) is 47.0 Å². The minimum atomic E-state index is -0.912. The summed E-state index contributed by atoms with van der Waals surface area (Å²) < 4.78 is 41.8. The molecule has 7 nitrogen and oxygen atoms in total. The molecule has 3 aromatic carbocycles. The number of carbonyl (C=O) groups is 1. The van der Waals surface area contributed by atoms with Crippen LogP contribution in [0.3, 0.4) is 0 Å². The number of fused-ring (bicyclic) bond motifs is 1. The monoisotopic (exact) mass is 562 g/mol. The number of ether oxygens (including phenoxy) is 2. The molecule has 2 aliphatic rings. The van der Waals surface area contributed by atoms with Gasteiger partial charge in [0, 0.05) is 35.3 Å². The van der Waals surface area contributed by atoms with Crippen LogP contribution in [0.2, 0.25) is 5.02 Å². The number of halogens is 3. The van der Waals surface area contributed by atoms with Crippen molar-refractivity contribution >= 4 is 23.3 Å². The van der Waals surface area contributed by atoms with Crippen molar-refractivity contribution in [2.24, 2.45) is 0 Å². The van der Waals surface area contributed by atoms with Crippen LogP contribution in [-0.4, -0.2) is 32.7 Å². The van der Waals surface area contributed by atoms with Gasteiger partial charge in [-0.15, -0.1) is 10.2 Å². The Labute approximate surface area is 234 Å². The molecule has 0 bridgehead atoms. The molecular weight excluding hydrogens is 538 g/mol. The molecule has 1 amide bonds. The van der Waals surface area contributed by atoms with Gasteiger partial charge in [-0.3, -0.25) is 4.79 Å². The number of benzene rings is 3. The van der Waals surface area contributed by atoms with E-state index < -0.39 is 17.4 Å². The second kappa shape index (κ2) is 10.4. The maximum absolute atomic E-state index is 14.5. The number of allylic oxidation sites excluding steroid dienone is 1. The zero-order chi connectivity index (χ0) is 28.0. The topological polar surface area (TPSA) is 69.5 Å². The van der Waals surface area contributed by atoms with E-state index in [1.54, 1.807) is 25.0 Å². The van der Waals surface area contributed by atoms with Crippen molar-refractivity contribution in [1.29, 1.82) is 0 Å². The largest absolute Gasteiger partial charge is 0.497 e. The fourth-order valence-corrected chi connectivity index (χ4v) is 5.10. The third-order valence-corrected chi connectivity index (χ3v) is 7.26. The molecule has 1 saturated carbocycles. The summed E-state index contributed by atoms with van der Waals surface area (Å²) >= 11 is 5.76. The van der Waals surface area contributed by atoms with Crippen LogP contribution >= 0.6 is 11.6 Å². The molecule has 0 radical (unpaired) electrons. The first kappa shape index (κ1) is 26.0. The SMILES string of the molecule is C/C=C(/Oc1c(F)cc(Cl)cc1F)c1nnc(-c2ccc3c(c2)CN(Cc2ccc(OC)cc2)C3=O)n1C1CC1. The van der Waals surface area contributed by atoms with Gasteiger partial charge in [0.25, 0.3) is 5.91 Å². The maximum atomic E-state index is 14.5. The molecule has 0 spiro atoms. The molecular formula is C30H25ClF2N4O3. The number of amides is 1. The fraction of sp³-hybridized carbons (Fsp3) is 0.233. The van der Waals surface area contributed by atoms with Crippen molar-refractivity contribution in [3.8, 4) is 22.9 Å². The first-order valence-electron chi connectivity index (χ1n) is 12.9. The predicted molar refractivity (Wildman–Crippen MR) is 146 cm³/mol. The Morgan fingerprint density at radius 1 is 1.07 bits per heavy atom. The molecule has 1 aromatic heterocycles. The normalized spacial score (nSPS) is 15.0. The van der Waals surface area contributed by atoms with E-state index >= 15 is 0 Å². The summed E-state index contributed by atoms with van der Waals surface area (Å²) in [4.78, 5) is 14.9. The zero-order valence-corrected chi connectivity index (χ0v) is 22.6. The second-order valence-electron chi connectivity index (χ2n) is 9.78. The molecule has 0 unspecified atom stereocenters. The first-order chi connectivity index (χ1) is 19.4. The van der Waals surface area contributed by atoms with E-state index in [9.17, 15) is 13.6 Å². The summed E-state index contributed by atoms with van der Waals surface area (Å²) in [6, 6.07) is 15.4. The average Bonchev–Trinajstić information content (AvgIpc) is 3.62. The van der Waals surface area contributed by atoms with Crippen LogP contribution in [0.1, 0.15) is 53.1 Å². The highest BCUT2D eigenvalue weighted by Crippen LogP contribution is 2.41. The predicted octanol–water partition coefficient (Wildman–Crippen LogP) is 6.82. The molecule has 0 saturated heterocycles. The van der Waals surface area contributed by atoms with E-state index in [1.165, 1.54) is 0 Å². The summed E-state index contributed by atoms with van der Waals surface area (Å²) in [5.74, 6) is -0.510. The molecule has 0 N–H and O–H groups in total. The molecule has 40 heavy (non-hydrogen) atoms.